The van der Waals surface area contributed by atoms with E-state index in [4.69, 9.17) is 4.74 Å². The van der Waals surface area contributed by atoms with Gasteiger partial charge in [-0.25, -0.2) is 9.59 Å². The minimum atomic E-state index is -1.01. The van der Waals surface area contributed by atoms with Gasteiger partial charge in [0.1, 0.15) is 12.6 Å². The molecule has 142 valence electrons. The Balaban J connectivity index is 1.73. The minimum absolute atomic E-state index is 0.0378. The van der Waals surface area contributed by atoms with Crippen LogP contribution in [0.25, 0.3) is 11.1 Å². The third-order valence-electron chi connectivity index (χ3n) is 4.97. The number of carbonyl (C=O) groups excluding carboxylic acids is 1. The van der Waals surface area contributed by atoms with Crippen molar-refractivity contribution < 1.29 is 19.4 Å². The average Bonchev–Trinajstić information content (AvgIpc) is 3.00. The van der Waals surface area contributed by atoms with E-state index in [1.165, 1.54) is 11.9 Å². The molecule has 2 aromatic rings. The van der Waals surface area contributed by atoms with Gasteiger partial charge in [0, 0.05) is 13.0 Å². The Morgan fingerprint density at radius 2 is 1.67 bits per heavy atom. The first kappa shape index (κ1) is 19.3. The molecular formula is C21H23NO4S. The predicted molar refractivity (Wildman–Crippen MR) is 107 cm³/mol. The van der Waals surface area contributed by atoms with Gasteiger partial charge in [0.15, 0.2) is 0 Å². The van der Waals surface area contributed by atoms with Crippen LogP contribution in [0.1, 0.15) is 23.5 Å². The molecule has 0 fully saturated rings. The minimum Gasteiger partial charge on any atom is -0.480 e. The normalized spacial score (nSPS) is 13.6. The second kappa shape index (κ2) is 8.48. The lowest BCUT2D eigenvalue weighted by Gasteiger charge is -2.25. The van der Waals surface area contributed by atoms with Gasteiger partial charge in [0.25, 0.3) is 0 Å². The van der Waals surface area contributed by atoms with E-state index in [-0.39, 0.29) is 12.5 Å². The summed E-state index contributed by atoms with van der Waals surface area (Å²) in [5.41, 5.74) is 4.58. The lowest BCUT2D eigenvalue weighted by molar-refractivity contribution is -0.142. The average molecular weight is 385 g/mol. The molecule has 0 unspecified atom stereocenters. The fraction of sp³-hybridized carbons (Fsp3) is 0.333. The molecule has 1 N–H and O–H groups in total. The molecule has 0 saturated carbocycles. The first-order chi connectivity index (χ1) is 13.0. The highest BCUT2D eigenvalue weighted by atomic mass is 32.2. The smallest absolute Gasteiger partial charge is 0.410 e. The van der Waals surface area contributed by atoms with E-state index in [1.54, 1.807) is 11.8 Å². The maximum atomic E-state index is 12.5. The van der Waals surface area contributed by atoms with Crippen molar-refractivity contribution in [2.24, 2.45) is 0 Å². The van der Waals surface area contributed by atoms with Crippen molar-refractivity contribution in [1.82, 2.24) is 4.90 Å². The summed E-state index contributed by atoms with van der Waals surface area (Å²) >= 11 is 1.55. The summed E-state index contributed by atoms with van der Waals surface area (Å²) in [5, 5.41) is 9.40. The molecule has 0 heterocycles. The molecule has 0 radical (unpaired) electrons. The molecule has 6 heteroatoms. The molecule has 2 aromatic carbocycles. The van der Waals surface area contributed by atoms with Crippen LogP contribution in [0.2, 0.25) is 0 Å². The first-order valence-electron chi connectivity index (χ1n) is 8.84. The predicted octanol–water partition coefficient (Wildman–Crippen LogP) is 4.07. The van der Waals surface area contributed by atoms with Gasteiger partial charge >= 0.3 is 12.1 Å². The molecule has 1 aliphatic rings. The Labute approximate surface area is 163 Å². The Morgan fingerprint density at radius 1 is 1.11 bits per heavy atom. The number of nitrogens with zero attached hydrogens (tertiary/aromatic N) is 1. The standard InChI is InChI=1S/C21H23NO4S/c1-22(19(20(23)24)11-12-27-2)21(25)26-13-18-16-9-5-3-7-14(16)15-8-4-6-10-17(15)18/h3-10,18-19H,11-13H2,1-2H3,(H,23,24)/t19-/m0/s1. The molecule has 0 aliphatic heterocycles. The van der Waals surface area contributed by atoms with Crippen molar-refractivity contribution in [3.63, 3.8) is 0 Å². The van der Waals surface area contributed by atoms with Crippen molar-refractivity contribution in [2.45, 2.75) is 18.4 Å². The molecule has 0 bridgehead atoms. The Hall–Kier alpha value is -2.47. The monoisotopic (exact) mass is 385 g/mol. The molecule has 1 aliphatic carbocycles. The Bertz CT molecular complexity index is 793. The van der Waals surface area contributed by atoms with E-state index < -0.39 is 18.1 Å². The third-order valence-corrected chi connectivity index (χ3v) is 5.62. The van der Waals surface area contributed by atoms with Crippen LogP contribution in [0, 0.1) is 0 Å². The number of carbonyl (C=O) groups is 2. The number of amides is 1. The van der Waals surface area contributed by atoms with Crippen molar-refractivity contribution in [1.29, 1.82) is 0 Å². The van der Waals surface area contributed by atoms with Gasteiger partial charge in [-0.2, -0.15) is 11.8 Å². The molecule has 1 atom stereocenters. The van der Waals surface area contributed by atoms with Crippen LogP contribution in [0.5, 0.6) is 0 Å². The summed E-state index contributed by atoms with van der Waals surface area (Å²) < 4.78 is 5.53. The van der Waals surface area contributed by atoms with Crippen molar-refractivity contribution in [3.8, 4) is 11.1 Å². The highest BCUT2D eigenvalue weighted by molar-refractivity contribution is 7.98. The van der Waals surface area contributed by atoms with Crippen molar-refractivity contribution in [3.05, 3.63) is 59.7 Å². The van der Waals surface area contributed by atoms with Gasteiger partial charge in [-0.1, -0.05) is 48.5 Å². The van der Waals surface area contributed by atoms with Crippen LogP contribution in [0.4, 0.5) is 4.79 Å². The zero-order valence-electron chi connectivity index (χ0n) is 15.4. The zero-order valence-corrected chi connectivity index (χ0v) is 16.2. The summed E-state index contributed by atoms with van der Waals surface area (Å²) in [6.07, 6.45) is 1.69. The maximum Gasteiger partial charge on any atom is 0.410 e. The van der Waals surface area contributed by atoms with E-state index in [0.717, 1.165) is 22.3 Å². The number of carboxylic acid groups (broad SMARTS) is 1. The van der Waals surface area contributed by atoms with Gasteiger partial charge in [0.05, 0.1) is 0 Å². The number of carboxylic acids is 1. The Kier molecular flexibility index (Phi) is 6.06. The number of fused-ring (bicyclic) bond motifs is 3. The number of hydrogen-bond acceptors (Lipinski definition) is 4. The van der Waals surface area contributed by atoms with Gasteiger partial charge < -0.3 is 9.84 Å². The van der Waals surface area contributed by atoms with Gasteiger partial charge in [-0.05, 0) is 40.7 Å². The molecule has 0 spiro atoms. The van der Waals surface area contributed by atoms with Gasteiger partial charge in [0.2, 0.25) is 0 Å². The number of rotatable bonds is 7. The molecular weight excluding hydrogens is 362 g/mol. The van der Waals surface area contributed by atoms with Crippen LogP contribution >= 0.6 is 11.8 Å². The fourth-order valence-corrected chi connectivity index (χ4v) is 3.99. The van der Waals surface area contributed by atoms with E-state index in [2.05, 4.69) is 24.3 Å². The highest BCUT2D eigenvalue weighted by Gasteiger charge is 2.31. The lowest BCUT2D eigenvalue weighted by atomic mass is 9.98. The molecule has 1 amide bonds. The molecule has 27 heavy (non-hydrogen) atoms. The second-order valence-electron chi connectivity index (χ2n) is 6.55. The summed E-state index contributed by atoms with van der Waals surface area (Å²) in [6.45, 7) is 0.187. The number of likely N-dealkylation sites (N-methyl/N-ethyl adjacent to an activating group) is 1. The fourth-order valence-electron chi connectivity index (χ4n) is 3.54. The quantitative estimate of drug-likeness (QED) is 0.778. The summed E-state index contributed by atoms with van der Waals surface area (Å²) in [7, 11) is 1.48. The lowest BCUT2D eigenvalue weighted by Crippen LogP contribution is -2.43. The maximum absolute atomic E-state index is 12.5. The van der Waals surface area contributed by atoms with Gasteiger partial charge in [-0.15, -0.1) is 0 Å². The van der Waals surface area contributed by atoms with Crippen LogP contribution < -0.4 is 0 Å². The van der Waals surface area contributed by atoms with Crippen molar-refractivity contribution >= 4 is 23.8 Å². The topological polar surface area (TPSA) is 66.8 Å². The molecule has 5 nitrogen and oxygen atoms in total. The van der Waals surface area contributed by atoms with Crippen molar-refractivity contribution in [2.75, 3.05) is 25.7 Å². The zero-order chi connectivity index (χ0) is 19.4. The highest BCUT2D eigenvalue weighted by Crippen LogP contribution is 2.44. The van der Waals surface area contributed by atoms with Crippen LogP contribution in [-0.2, 0) is 9.53 Å². The molecule has 0 saturated heterocycles. The third kappa shape index (κ3) is 3.95. The second-order valence-corrected chi connectivity index (χ2v) is 7.54. The summed E-state index contributed by atoms with van der Waals surface area (Å²) in [6, 6.07) is 15.3. The number of ether oxygens (including phenoxy) is 1. The van der Waals surface area contributed by atoms with Crippen LogP contribution in [-0.4, -0.2) is 53.8 Å². The van der Waals surface area contributed by atoms with Gasteiger partial charge in [-0.3, -0.25) is 4.90 Å². The van der Waals surface area contributed by atoms with E-state index >= 15 is 0 Å². The van der Waals surface area contributed by atoms with E-state index in [1.807, 2.05) is 30.5 Å². The Morgan fingerprint density at radius 3 is 2.19 bits per heavy atom. The molecule has 3 rings (SSSR count). The van der Waals surface area contributed by atoms with E-state index in [0.29, 0.717) is 12.2 Å². The number of thioether (sulfide) groups is 1. The summed E-state index contributed by atoms with van der Waals surface area (Å²) in [4.78, 5) is 25.1. The van der Waals surface area contributed by atoms with E-state index in [9.17, 15) is 14.7 Å². The number of aliphatic carboxylic acids is 1. The largest absolute Gasteiger partial charge is 0.480 e. The van der Waals surface area contributed by atoms with Crippen LogP contribution in [0.15, 0.2) is 48.5 Å². The summed E-state index contributed by atoms with van der Waals surface area (Å²) in [5.74, 6) is -0.387. The number of benzene rings is 2. The molecule has 0 aromatic heterocycles. The first-order valence-corrected chi connectivity index (χ1v) is 10.2. The SMILES string of the molecule is CSCC[C@@H](C(=O)O)N(C)C(=O)OCC1c2ccccc2-c2ccccc21. The van der Waals surface area contributed by atoms with Crippen LogP contribution in [0.3, 0.4) is 0 Å². The number of hydrogen-bond donors (Lipinski definition) is 1.